The zero-order valence-electron chi connectivity index (χ0n) is 14.2. The number of ether oxygens (including phenoxy) is 1. The fourth-order valence-electron chi connectivity index (χ4n) is 2.61. The summed E-state index contributed by atoms with van der Waals surface area (Å²) < 4.78 is 6.89. The Morgan fingerprint density at radius 1 is 1.36 bits per heavy atom. The van der Waals surface area contributed by atoms with Gasteiger partial charge in [0.1, 0.15) is 12.3 Å². The zero-order valence-corrected chi connectivity index (χ0v) is 14.2. The van der Waals surface area contributed by atoms with E-state index in [1.54, 1.807) is 18.0 Å². The van der Waals surface area contributed by atoms with Crippen molar-refractivity contribution in [3.8, 4) is 11.4 Å². The summed E-state index contributed by atoms with van der Waals surface area (Å²) in [7, 11) is 1.62. The van der Waals surface area contributed by atoms with Gasteiger partial charge in [0.15, 0.2) is 0 Å². The molecule has 0 saturated carbocycles. The molecule has 1 unspecified atom stereocenters. The molecule has 8 heteroatoms. The highest BCUT2D eigenvalue weighted by Gasteiger charge is 2.22. The summed E-state index contributed by atoms with van der Waals surface area (Å²) in [5.74, 6) is 0.642. The number of piperazine rings is 1. The van der Waals surface area contributed by atoms with Gasteiger partial charge >= 0.3 is 6.03 Å². The van der Waals surface area contributed by atoms with E-state index in [2.05, 4.69) is 15.7 Å². The third-order valence-electron chi connectivity index (χ3n) is 4.11. The first-order valence-corrected chi connectivity index (χ1v) is 8.08. The molecule has 1 aromatic carbocycles. The second kappa shape index (κ2) is 7.25. The number of nitrogens with one attached hydrogen (secondary N) is 2. The van der Waals surface area contributed by atoms with E-state index in [1.165, 1.54) is 4.90 Å². The minimum absolute atomic E-state index is 0.0870. The Labute approximate surface area is 145 Å². The van der Waals surface area contributed by atoms with Crippen molar-refractivity contribution in [1.29, 1.82) is 0 Å². The van der Waals surface area contributed by atoms with E-state index in [-0.39, 0.29) is 24.5 Å². The van der Waals surface area contributed by atoms with Gasteiger partial charge in [-0.3, -0.25) is 4.79 Å². The van der Waals surface area contributed by atoms with Crippen LogP contribution in [0.25, 0.3) is 5.69 Å². The molecule has 2 aromatic rings. The minimum Gasteiger partial charge on any atom is -0.497 e. The molecule has 0 bridgehead atoms. The fourth-order valence-corrected chi connectivity index (χ4v) is 2.61. The minimum atomic E-state index is -0.250. The number of carbonyl (C=O) groups excluding carboxylic acids is 2. The Kier molecular flexibility index (Phi) is 4.87. The predicted molar refractivity (Wildman–Crippen MR) is 91.6 cm³/mol. The fraction of sp³-hybridized carbons (Fsp3) is 0.353. The van der Waals surface area contributed by atoms with Crippen molar-refractivity contribution in [3.05, 3.63) is 42.2 Å². The van der Waals surface area contributed by atoms with E-state index in [0.717, 1.165) is 17.0 Å². The van der Waals surface area contributed by atoms with Crippen molar-refractivity contribution in [2.45, 2.75) is 13.0 Å². The van der Waals surface area contributed by atoms with Gasteiger partial charge in [-0.2, -0.15) is 5.10 Å². The molecule has 0 radical (unpaired) electrons. The summed E-state index contributed by atoms with van der Waals surface area (Å²) >= 11 is 0. The lowest BCUT2D eigenvalue weighted by Crippen LogP contribution is -2.53. The van der Waals surface area contributed by atoms with Crippen molar-refractivity contribution in [1.82, 2.24) is 25.3 Å². The Hall–Kier alpha value is -3.03. The molecular weight excluding hydrogens is 322 g/mol. The average Bonchev–Trinajstić information content (AvgIpc) is 3.12. The Bertz CT molecular complexity index is 756. The monoisotopic (exact) mass is 343 g/mol. The van der Waals surface area contributed by atoms with Gasteiger partial charge in [-0.1, -0.05) is 0 Å². The van der Waals surface area contributed by atoms with Gasteiger partial charge in [-0.05, 0) is 31.2 Å². The van der Waals surface area contributed by atoms with Crippen LogP contribution in [0.2, 0.25) is 0 Å². The van der Waals surface area contributed by atoms with E-state index >= 15 is 0 Å². The molecule has 3 amide bonds. The highest BCUT2D eigenvalue weighted by Crippen LogP contribution is 2.17. The van der Waals surface area contributed by atoms with Crippen molar-refractivity contribution in [2.75, 3.05) is 26.7 Å². The van der Waals surface area contributed by atoms with Crippen molar-refractivity contribution in [3.63, 3.8) is 0 Å². The molecule has 1 aromatic heterocycles. The number of hydrogen-bond donors (Lipinski definition) is 2. The van der Waals surface area contributed by atoms with Crippen LogP contribution in [-0.2, 0) is 4.79 Å². The van der Waals surface area contributed by atoms with Crippen LogP contribution in [0.3, 0.4) is 0 Å². The quantitative estimate of drug-likeness (QED) is 0.870. The number of urea groups is 1. The number of rotatable bonds is 4. The van der Waals surface area contributed by atoms with Gasteiger partial charge < -0.3 is 20.3 Å². The highest BCUT2D eigenvalue weighted by atomic mass is 16.5. The van der Waals surface area contributed by atoms with Gasteiger partial charge in [0.05, 0.1) is 25.0 Å². The van der Waals surface area contributed by atoms with Gasteiger partial charge in [0.25, 0.3) is 0 Å². The molecule has 1 saturated heterocycles. The Balaban J connectivity index is 1.64. The second-order valence-electron chi connectivity index (χ2n) is 5.86. The summed E-state index contributed by atoms with van der Waals surface area (Å²) in [4.78, 5) is 25.2. The summed E-state index contributed by atoms with van der Waals surface area (Å²) in [6, 6.07) is 7.08. The largest absolute Gasteiger partial charge is 0.497 e. The van der Waals surface area contributed by atoms with E-state index in [9.17, 15) is 9.59 Å². The second-order valence-corrected chi connectivity index (χ2v) is 5.86. The molecule has 1 aliphatic rings. The van der Waals surface area contributed by atoms with Crippen molar-refractivity contribution < 1.29 is 14.3 Å². The molecule has 3 rings (SSSR count). The predicted octanol–water partition coefficient (Wildman–Crippen LogP) is 1.08. The first kappa shape index (κ1) is 16.8. The van der Waals surface area contributed by atoms with Crippen molar-refractivity contribution >= 4 is 11.9 Å². The SMILES string of the molecule is COc1ccc(-n2cc(C(C)NC(=O)N3CCNC(=O)C3)cn2)cc1. The normalized spacial score (nSPS) is 15.4. The Morgan fingerprint density at radius 3 is 2.80 bits per heavy atom. The van der Waals surface area contributed by atoms with Crippen LogP contribution < -0.4 is 15.4 Å². The van der Waals surface area contributed by atoms with Crippen LogP contribution in [0, 0.1) is 0 Å². The number of methoxy groups -OCH3 is 1. The number of nitrogens with zero attached hydrogens (tertiary/aromatic N) is 3. The summed E-state index contributed by atoms with van der Waals surface area (Å²) in [5, 5.41) is 9.94. The van der Waals surface area contributed by atoms with Crippen LogP contribution in [-0.4, -0.2) is 53.4 Å². The van der Waals surface area contributed by atoms with E-state index in [0.29, 0.717) is 13.1 Å². The van der Waals surface area contributed by atoms with Gasteiger partial charge in [0, 0.05) is 24.8 Å². The first-order chi connectivity index (χ1) is 12.1. The van der Waals surface area contributed by atoms with Gasteiger partial charge in [0.2, 0.25) is 5.91 Å². The third kappa shape index (κ3) is 3.90. The molecule has 1 atom stereocenters. The molecule has 2 N–H and O–H groups in total. The lowest BCUT2D eigenvalue weighted by atomic mass is 10.2. The van der Waals surface area contributed by atoms with Crippen LogP contribution in [0.15, 0.2) is 36.7 Å². The van der Waals surface area contributed by atoms with Crippen LogP contribution >= 0.6 is 0 Å². The average molecular weight is 343 g/mol. The summed E-state index contributed by atoms with van der Waals surface area (Å²) in [5.41, 5.74) is 1.78. The molecule has 8 nitrogen and oxygen atoms in total. The molecule has 1 fully saturated rings. The zero-order chi connectivity index (χ0) is 17.8. The molecule has 25 heavy (non-hydrogen) atoms. The molecule has 0 spiro atoms. The lowest BCUT2D eigenvalue weighted by Gasteiger charge is -2.28. The van der Waals surface area contributed by atoms with E-state index < -0.39 is 0 Å². The highest BCUT2D eigenvalue weighted by molar-refractivity contribution is 5.85. The van der Waals surface area contributed by atoms with Crippen LogP contribution in [0.4, 0.5) is 4.79 Å². The Morgan fingerprint density at radius 2 is 2.12 bits per heavy atom. The maximum atomic E-state index is 12.3. The number of benzene rings is 1. The summed E-state index contributed by atoms with van der Waals surface area (Å²) in [6.45, 7) is 2.96. The summed E-state index contributed by atoms with van der Waals surface area (Å²) in [6.07, 6.45) is 3.59. The van der Waals surface area contributed by atoms with Gasteiger partial charge in [-0.15, -0.1) is 0 Å². The number of hydrogen-bond acceptors (Lipinski definition) is 4. The van der Waals surface area contributed by atoms with Crippen molar-refractivity contribution in [2.24, 2.45) is 0 Å². The van der Waals surface area contributed by atoms with Crippen LogP contribution in [0.5, 0.6) is 5.75 Å². The van der Waals surface area contributed by atoms with E-state index in [1.807, 2.05) is 37.4 Å². The number of carbonyl (C=O) groups is 2. The molecule has 132 valence electrons. The van der Waals surface area contributed by atoms with Gasteiger partial charge in [-0.25, -0.2) is 9.48 Å². The first-order valence-electron chi connectivity index (χ1n) is 8.08. The standard InChI is InChI=1S/C17H21N5O3/c1-12(20-17(24)21-8-7-18-16(23)11-21)13-9-19-22(10-13)14-3-5-15(25-2)6-4-14/h3-6,9-10,12H,7-8,11H2,1-2H3,(H,18,23)(H,20,24). The topological polar surface area (TPSA) is 88.5 Å². The van der Waals surface area contributed by atoms with Crippen LogP contribution in [0.1, 0.15) is 18.5 Å². The molecule has 2 heterocycles. The molecule has 0 aliphatic carbocycles. The third-order valence-corrected chi connectivity index (χ3v) is 4.11. The lowest BCUT2D eigenvalue weighted by molar-refractivity contribution is -0.123. The smallest absolute Gasteiger partial charge is 0.318 e. The number of amides is 3. The molecule has 1 aliphatic heterocycles. The van der Waals surface area contributed by atoms with E-state index in [4.69, 9.17) is 4.74 Å². The number of aromatic nitrogens is 2. The maximum Gasteiger partial charge on any atom is 0.318 e. The molecular formula is C17H21N5O3. The maximum absolute atomic E-state index is 12.3.